The number of oxazole rings is 1. The molecule has 0 aliphatic heterocycles. The second-order valence-corrected chi connectivity index (χ2v) is 5.84. The predicted octanol–water partition coefficient (Wildman–Crippen LogP) is 3.48. The molecule has 0 aliphatic rings. The molecule has 3 N–H and O–H groups in total. The summed E-state index contributed by atoms with van der Waals surface area (Å²) in [5.41, 5.74) is 9.07. The topological polar surface area (TPSA) is 81.2 Å². The first-order valence-electron chi connectivity index (χ1n) is 8.15. The van der Waals surface area contributed by atoms with Crippen molar-refractivity contribution in [3.63, 3.8) is 0 Å². The van der Waals surface area contributed by atoms with Crippen LogP contribution in [0.3, 0.4) is 0 Å². The second kappa shape index (κ2) is 7.27. The van der Waals surface area contributed by atoms with Gasteiger partial charge in [0.05, 0.1) is 6.04 Å². The number of hydrogen-bond donors (Lipinski definition) is 2. The molecule has 3 rings (SSSR count). The van der Waals surface area contributed by atoms with Crippen LogP contribution in [0.1, 0.15) is 31.2 Å². The number of anilines is 1. The average Bonchev–Trinajstić information content (AvgIpc) is 2.97. The Morgan fingerprint density at radius 2 is 2.04 bits per heavy atom. The minimum Gasteiger partial charge on any atom is -0.440 e. The van der Waals surface area contributed by atoms with Gasteiger partial charge in [0, 0.05) is 18.2 Å². The number of carbonyl (C=O) groups is 1. The normalized spacial score (nSPS) is 12.2. The maximum atomic E-state index is 12.0. The van der Waals surface area contributed by atoms with Gasteiger partial charge in [-0.25, -0.2) is 4.98 Å². The summed E-state index contributed by atoms with van der Waals surface area (Å²) < 4.78 is 5.81. The smallest absolute Gasteiger partial charge is 0.241 e. The van der Waals surface area contributed by atoms with Gasteiger partial charge < -0.3 is 15.5 Å². The van der Waals surface area contributed by atoms with Gasteiger partial charge >= 0.3 is 0 Å². The molecule has 1 heterocycles. The third-order valence-electron chi connectivity index (χ3n) is 3.83. The molecule has 0 fully saturated rings. The molecule has 0 saturated carbocycles. The molecule has 1 amide bonds. The van der Waals surface area contributed by atoms with E-state index in [-0.39, 0.29) is 5.91 Å². The number of carbonyl (C=O) groups excluding carboxylic acids is 1. The SMILES string of the molecule is CCCC(N)C(=O)Nc1ccc2nc(Cc3ccccc3)oc2c1. The van der Waals surface area contributed by atoms with Crippen LogP contribution in [0.4, 0.5) is 5.69 Å². The molecule has 124 valence electrons. The van der Waals surface area contributed by atoms with Crippen molar-refractivity contribution in [2.75, 3.05) is 5.32 Å². The van der Waals surface area contributed by atoms with E-state index in [1.807, 2.05) is 49.4 Å². The van der Waals surface area contributed by atoms with E-state index < -0.39 is 6.04 Å². The molecule has 24 heavy (non-hydrogen) atoms. The monoisotopic (exact) mass is 323 g/mol. The average molecular weight is 323 g/mol. The number of nitrogens with zero attached hydrogens (tertiary/aromatic N) is 1. The number of fused-ring (bicyclic) bond motifs is 1. The summed E-state index contributed by atoms with van der Waals surface area (Å²) >= 11 is 0. The van der Waals surface area contributed by atoms with Gasteiger partial charge in [-0.1, -0.05) is 43.7 Å². The Balaban J connectivity index is 1.75. The fourth-order valence-corrected chi connectivity index (χ4v) is 2.57. The van der Waals surface area contributed by atoms with Crippen LogP contribution in [0.2, 0.25) is 0 Å². The van der Waals surface area contributed by atoms with Gasteiger partial charge in [-0.2, -0.15) is 0 Å². The Morgan fingerprint density at radius 1 is 1.25 bits per heavy atom. The van der Waals surface area contributed by atoms with Crippen LogP contribution in [0.25, 0.3) is 11.1 Å². The summed E-state index contributed by atoms with van der Waals surface area (Å²) in [5.74, 6) is 0.475. The van der Waals surface area contributed by atoms with Gasteiger partial charge in [0.15, 0.2) is 11.5 Å². The van der Waals surface area contributed by atoms with Crippen LogP contribution >= 0.6 is 0 Å². The van der Waals surface area contributed by atoms with Crippen LogP contribution in [0, 0.1) is 0 Å². The fraction of sp³-hybridized carbons (Fsp3) is 0.263. The summed E-state index contributed by atoms with van der Waals surface area (Å²) in [6.07, 6.45) is 2.18. The second-order valence-electron chi connectivity index (χ2n) is 5.84. The van der Waals surface area contributed by atoms with Crippen molar-refractivity contribution >= 4 is 22.7 Å². The number of nitrogens with one attached hydrogen (secondary N) is 1. The molecule has 0 saturated heterocycles. The van der Waals surface area contributed by atoms with Crippen LogP contribution < -0.4 is 11.1 Å². The molecule has 1 atom stereocenters. The largest absolute Gasteiger partial charge is 0.440 e. The Bertz CT molecular complexity index is 827. The highest BCUT2D eigenvalue weighted by molar-refractivity contribution is 5.96. The zero-order valence-electron chi connectivity index (χ0n) is 13.7. The van der Waals surface area contributed by atoms with Crippen LogP contribution in [-0.2, 0) is 11.2 Å². The van der Waals surface area contributed by atoms with Gasteiger partial charge in [0.25, 0.3) is 0 Å². The van der Waals surface area contributed by atoms with Gasteiger partial charge in [-0.05, 0) is 24.1 Å². The van der Waals surface area contributed by atoms with Gasteiger partial charge in [0.2, 0.25) is 5.91 Å². The molecular formula is C19H21N3O2. The van der Waals surface area contributed by atoms with Crippen molar-refractivity contribution in [3.8, 4) is 0 Å². The van der Waals surface area contributed by atoms with E-state index in [2.05, 4.69) is 10.3 Å². The molecule has 0 spiro atoms. The lowest BCUT2D eigenvalue weighted by atomic mass is 10.1. The summed E-state index contributed by atoms with van der Waals surface area (Å²) in [7, 11) is 0. The number of aromatic nitrogens is 1. The quantitative estimate of drug-likeness (QED) is 0.727. The molecular weight excluding hydrogens is 302 g/mol. The standard InChI is InChI=1S/C19H21N3O2/c1-2-6-15(20)19(23)21-14-9-10-16-17(12-14)24-18(22-16)11-13-7-4-3-5-8-13/h3-5,7-10,12,15H,2,6,11,20H2,1H3,(H,21,23). The Morgan fingerprint density at radius 3 is 2.79 bits per heavy atom. The number of rotatable bonds is 6. The minimum absolute atomic E-state index is 0.180. The first-order valence-corrected chi connectivity index (χ1v) is 8.15. The van der Waals surface area contributed by atoms with Crippen molar-refractivity contribution < 1.29 is 9.21 Å². The molecule has 1 unspecified atom stereocenters. The van der Waals surface area contributed by atoms with Crippen LogP contribution in [-0.4, -0.2) is 16.9 Å². The molecule has 0 radical (unpaired) electrons. The first-order chi connectivity index (χ1) is 11.7. The van der Waals surface area contributed by atoms with Crippen molar-refractivity contribution in [2.24, 2.45) is 5.73 Å². The summed E-state index contributed by atoms with van der Waals surface area (Å²) in [4.78, 5) is 16.5. The van der Waals surface area contributed by atoms with E-state index in [4.69, 9.17) is 10.2 Å². The first kappa shape index (κ1) is 16.2. The lowest BCUT2D eigenvalue weighted by Gasteiger charge is -2.10. The predicted molar refractivity (Wildman–Crippen MR) is 94.8 cm³/mol. The Hall–Kier alpha value is -2.66. The van der Waals surface area contributed by atoms with Crippen LogP contribution in [0.15, 0.2) is 52.9 Å². The highest BCUT2D eigenvalue weighted by Gasteiger charge is 2.13. The summed E-state index contributed by atoms with van der Waals surface area (Å²) in [6, 6.07) is 15.0. The fourth-order valence-electron chi connectivity index (χ4n) is 2.57. The molecule has 2 aromatic carbocycles. The summed E-state index contributed by atoms with van der Waals surface area (Å²) in [6.45, 7) is 2.00. The molecule has 5 heteroatoms. The maximum Gasteiger partial charge on any atom is 0.241 e. The number of benzene rings is 2. The third-order valence-corrected chi connectivity index (χ3v) is 3.83. The number of hydrogen-bond acceptors (Lipinski definition) is 4. The van der Waals surface area contributed by atoms with Crippen LogP contribution in [0.5, 0.6) is 0 Å². The molecule has 5 nitrogen and oxygen atoms in total. The van der Waals surface area contributed by atoms with Gasteiger partial charge in [-0.15, -0.1) is 0 Å². The van der Waals surface area contributed by atoms with Crippen molar-refractivity contribution in [1.29, 1.82) is 0 Å². The van der Waals surface area contributed by atoms with E-state index in [0.717, 1.165) is 17.5 Å². The molecule has 3 aromatic rings. The van der Waals surface area contributed by atoms with E-state index in [0.29, 0.717) is 30.0 Å². The van der Waals surface area contributed by atoms with Crippen molar-refractivity contribution in [3.05, 3.63) is 60.0 Å². The van der Waals surface area contributed by atoms with Crippen molar-refractivity contribution in [1.82, 2.24) is 4.98 Å². The van der Waals surface area contributed by atoms with Gasteiger partial charge in [0.1, 0.15) is 5.52 Å². The van der Waals surface area contributed by atoms with E-state index in [1.54, 1.807) is 6.07 Å². The maximum absolute atomic E-state index is 12.0. The number of amides is 1. The van der Waals surface area contributed by atoms with E-state index in [1.165, 1.54) is 0 Å². The molecule has 0 aliphatic carbocycles. The highest BCUT2D eigenvalue weighted by atomic mass is 16.3. The number of nitrogens with two attached hydrogens (primary N) is 1. The van der Waals surface area contributed by atoms with Gasteiger partial charge in [-0.3, -0.25) is 4.79 Å². The third kappa shape index (κ3) is 3.81. The Labute approximate surface area is 140 Å². The lowest BCUT2D eigenvalue weighted by molar-refractivity contribution is -0.117. The summed E-state index contributed by atoms with van der Waals surface area (Å²) in [5, 5.41) is 2.83. The molecule has 0 bridgehead atoms. The lowest BCUT2D eigenvalue weighted by Crippen LogP contribution is -2.35. The van der Waals surface area contributed by atoms with E-state index in [9.17, 15) is 4.79 Å². The zero-order chi connectivity index (χ0) is 16.9. The van der Waals surface area contributed by atoms with Crippen molar-refractivity contribution in [2.45, 2.75) is 32.2 Å². The Kier molecular flexibility index (Phi) is 4.91. The van der Waals surface area contributed by atoms with E-state index >= 15 is 0 Å². The highest BCUT2D eigenvalue weighted by Crippen LogP contribution is 2.22. The zero-order valence-corrected chi connectivity index (χ0v) is 13.7. The minimum atomic E-state index is -0.492. The molecule has 1 aromatic heterocycles.